The summed E-state index contributed by atoms with van der Waals surface area (Å²) < 4.78 is 0. The Morgan fingerprint density at radius 1 is 1.06 bits per heavy atom. The molecule has 1 unspecified atom stereocenters. The highest BCUT2D eigenvalue weighted by atomic mass is 127. The summed E-state index contributed by atoms with van der Waals surface area (Å²) in [6.07, 6.45) is 1.88. The third-order valence-corrected chi connectivity index (χ3v) is 13.6. The van der Waals surface area contributed by atoms with Gasteiger partial charge in [-0.05, 0) is 22.1 Å². The normalized spacial score (nSPS) is 14.6. The second-order valence-corrected chi connectivity index (χ2v) is 14.1. The van der Waals surface area contributed by atoms with E-state index in [0.717, 1.165) is 0 Å². The maximum atomic E-state index is 2.78. The maximum absolute atomic E-state index is 2.78. The predicted molar refractivity (Wildman–Crippen MR) is 94.1 cm³/mol. The molecule has 0 amide bonds. The van der Waals surface area contributed by atoms with Crippen molar-refractivity contribution in [2.24, 2.45) is 5.41 Å². The van der Waals surface area contributed by atoms with E-state index in [9.17, 15) is 0 Å². The average molecular weight is 374 g/mol. The van der Waals surface area contributed by atoms with Crippen molar-refractivity contribution in [1.29, 1.82) is 0 Å². The quantitative estimate of drug-likeness (QED) is 0.351. The minimum atomic E-state index is -0.782. The van der Waals surface area contributed by atoms with Gasteiger partial charge in [-0.15, -0.1) is 21.8 Å². The molecular formula is C16H27ISi. The minimum Gasteiger partial charge on any atom is -0.122 e. The van der Waals surface area contributed by atoms with Gasteiger partial charge in [-0.3, -0.25) is 0 Å². The zero-order valence-electron chi connectivity index (χ0n) is 12.5. The van der Waals surface area contributed by atoms with E-state index in [4.69, 9.17) is 0 Å². The van der Waals surface area contributed by atoms with Crippen LogP contribution < -0.4 is 0 Å². The molecule has 0 N–H and O–H groups in total. The molecular weight excluding hydrogens is 347 g/mol. The number of benzene rings is 1. The highest BCUT2D eigenvalue weighted by molar-refractivity contribution is 14.1. The summed E-state index contributed by atoms with van der Waals surface area (Å²) in [5, 5.41) is 0.394. The maximum Gasteiger partial charge on any atom is 0.119 e. The molecule has 0 aliphatic rings. The van der Waals surface area contributed by atoms with Crippen molar-refractivity contribution in [1.82, 2.24) is 0 Å². The summed E-state index contributed by atoms with van der Waals surface area (Å²) in [4.78, 5) is 0. The van der Waals surface area contributed by atoms with Crippen LogP contribution in [-0.2, 0) is 5.04 Å². The molecule has 0 aromatic heterocycles. The van der Waals surface area contributed by atoms with Crippen molar-refractivity contribution in [2.45, 2.75) is 58.5 Å². The van der Waals surface area contributed by atoms with Crippen LogP contribution in [-0.4, -0.2) is 6.29 Å². The van der Waals surface area contributed by atoms with Crippen LogP contribution >= 0.6 is 21.8 Å². The summed E-state index contributed by atoms with van der Waals surface area (Å²) in [5.74, 6) is 0. The van der Waals surface area contributed by atoms with Gasteiger partial charge in [-0.25, -0.2) is 0 Å². The second-order valence-electron chi connectivity index (χ2n) is 6.61. The van der Waals surface area contributed by atoms with E-state index in [0.29, 0.717) is 10.5 Å². The summed E-state index contributed by atoms with van der Waals surface area (Å²) >= 11 is 2.78. The number of hydrogen-bond acceptors (Lipinski definition) is 0. The van der Waals surface area contributed by atoms with Crippen LogP contribution in [0.3, 0.4) is 0 Å². The molecule has 0 fully saturated rings. The minimum absolute atomic E-state index is 0.394. The van der Waals surface area contributed by atoms with E-state index in [1.807, 2.05) is 0 Å². The highest BCUT2D eigenvalue weighted by Gasteiger charge is 2.31. The van der Waals surface area contributed by atoms with E-state index < -0.39 is 6.29 Å². The van der Waals surface area contributed by atoms with Gasteiger partial charge >= 0.3 is 0 Å². The third-order valence-electron chi connectivity index (χ3n) is 4.33. The van der Waals surface area contributed by atoms with Gasteiger partial charge in [0.05, 0.1) is 0 Å². The molecule has 0 radical (unpaired) electrons. The molecule has 0 saturated carbocycles. The largest absolute Gasteiger partial charge is 0.122 e. The molecule has 0 aliphatic heterocycles. The lowest BCUT2D eigenvalue weighted by Gasteiger charge is -2.32. The van der Waals surface area contributed by atoms with Crippen LogP contribution in [0.5, 0.6) is 0 Å². The van der Waals surface area contributed by atoms with Crippen molar-refractivity contribution in [3.8, 4) is 0 Å². The Labute approximate surface area is 127 Å². The van der Waals surface area contributed by atoms with Gasteiger partial charge in [-0.1, -0.05) is 77.8 Å². The predicted octanol–water partition coefficient (Wildman–Crippen LogP) is 5.49. The number of rotatable bonds is 6. The Morgan fingerprint density at radius 3 is 2.11 bits per heavy atom. The van der Waals surface area contributed by atoms with Gasteiger partial charge < -0.3 is 0 Å². The van der Waals surface area contributed by atoms with Crippen LogP contribution in [0.25, 0.3) is 0 Å². The topological polar surface area (TPSA) is 0 Å². The Hall–Kier alpha value is 0.167. The summed E-state index contributed by atoms with van der Waals surface area (Å²) in [6.45, 7) is 12.0. The third kappa shape index (κ3) is 4.37. The van der Waals surface area contributed by atoms with Gasteiger partial charge in [0, 0.05) is 0 Å². The first-order valence-corrected chi connectivity index (χ1v) is 12.6. The summed E-state index contributed by atoms with van der Waals surface area (Å²) in [5.41, 5.74) is 2.04. The Bertz CT molecular complexity index is 357. The smallest absolute Gasteiger partial charge is 0.119 e. The van der Waals surface area contributed by atoms with Gasteiger partial charge in [0.1, 0.15) is 6.29 Å². The zero-order chi connectivity index (χ0) is 13.8. The first-order chi connectivity index (χ1) is 8.29. The van der Waals surface area contributed by atoms with Gasteiger partial charge in [0.2, 0.25) is 0 Å². The molecule has 1 aromatic rings. The molecule has 2 heteroatoms. The molecule has 18 heavy (non-hydrogen) atoms. The van der Waals surface area contributed by atoms with Crippen molar-refractivity contribution in [3.63, 3.8) is 0 Å². The molecule has 1 rings (SSSR count). The molecule has 1 aromatic carbocycles. The molecule has 0 saturated heterocycles. The molecule has 0 bridgehead atoms. The highest BCUT2D eigenvalue weighted by Crippen LogP contribution is 2.36. The summed E-state index contributed by atoms with van der Waals surface area (Å²) in [7, 11) is 0. The van der Waals surface area contributed by atoms with E-state index in [1.165, 1.54) is 24.4 Å². The summed E-state index contributed by atoms with van der Waals surface area (Å²) in [6, 6.07) is 12.5. The zero-order valence-corrected chi connectivity index (χ0v) is 15.8. The standard InChI is InChI=1S/C16H27ISi/c1-6-15(2,3)12-13-18(17)16(4,5)14-10-8-7-9-11-14/h7-11,18H,6,12-13H2,1-5H3. The Balaban J connectivity index is 2.69. The second kappa shape index (κ2) is 6.55. The fraction of sp³-hybridized carbons (Fsp3) is 0.625. The average Bonchev–Trinajstić information content (AvgIpc) is 2.37. The van der Waals surface area contributed by atoms with Gasteiger partial charge in [-0.2, -0.15) is 0 Å². The van der Waals surface area contributed by atoms with Crippen molar-refractivity contribution in [2.75, 3.05) is 0 Å². The molecule has 0 heterocycles. The first-order valence-electron chi connectivity index (χ1n) is 6.99. The molecule has 0 spiro atoms. The first kappa shape index (κ1) is 16.2. The Kier molecular flexibility index (Phi) is 5.91. The lowest BCUT2D eigenvalue weighted by Crippen LogP contribution is -2.34. The molecule has 1 atom stereocenters. The van der Waals surface area contributed by atoms with Crippen LogP contribution in [0, 0.1) is 5.41 Å². The van der Waals surface area contributed by atoms with Gasteiger partial charge in [0.15, 0.2) is 0 Å². The lowest BCUT2D eigenvalue weighted by molar-refractivity contribution is 0.337. The van der Waals surface area contributed by atoms with Crippen LogP contribution in [0.15, 0.2) is 30.3 Å². The van der Waals surface area contributed by atoms with Crippen molar-refractivity contribution in [3.05, 3.63) is 35.9 Å². The van der Waals surface area contributed by atoms with E-state index in [2.05, 4.69) is 86.7 Å². The fourth-order valence-corrected chi connectivity index (χ4v) is 6.43. The van der Waals surface area contributed by atoms with E-state index in [-0.39, 0.29) is 0 Å². The lowest BCUT2D eigenvalue weighted by atomic mass is 9.87. The SMILES string of the molecule is CCC(C)(C)CC[SiH](I)C(C)(C)c1ccccc1. The number of halogens is 1. The monoisotopic (exact) mass is 374 g/mol. The molecule has 0 aliphatic carbocycles. The van der Waals surface area contributed by atoms with Crippen molar-refractivity contribution >= 4 is 28.1 Å². The fourth-order valence-electron chi connectivity index (χ4n) is 2.10. The van der Waals surface area contributed by atoms with Crippen LogP contribution in [0.1, 0.15) is 53.0 Å². The van der Waals surface area contributed by atoms with E-state index >= 15 is 0 Å². The van der Waals surface area contributed by atoms with Gasteiger partial charge in [0.25, 0.3) is 0 Å². The van der Waals surface area contributed by atoms with Crippen LogP contribution in [0.2, 0.25) is 6.04 Å². The van der Waals surface area contributed by atoms with Crippen molar-refractivity contribution < 1.29 is 0 Å². The van der Waals surface area contributed by atoms with E-state index in [1.54, 1.807) is 0 Å². The molecule has 102 valence electrons. The molecule has 0 nitrogen and oxygen atoms in total. The van der Waals surface area contributed by atoms with Crippen LogP contribution in [0.4, 0.5) is 0 Å². The number of hydrogen-bond donors (Lipinski definition) is 0. The Morgan fingerprint density at radius 2 is 1.61 bits per heavy atom.